The Morgan fingerprint density at radius 2 is 0.727 bits per heavy atom. The Balaban J connectivity index is 0.000000144. The highest BCUT2D eigenvalue weighted by atomic mass is 16.5. The second-order valence-corrected chi connectivity index (χ2v) is 7.84. The molecule has 0 spiro atoms. The third-order valence-corrected chi connectivity index (χ3v) is 5.59. The summed E-state index contributed by atoms with van der Waals surface area (Å²) in [6.07, 6.45) is 0.979. The summed E-state index contributed by atoms with van der Waals surface area (Å²) in [5.74, 6) is 1.98. The van der Waals surface area contributed by atoms with Gasteiger partial charge in [-0.15, -0.1) is 0 Å². The van der Waals surface area contributed by atoms with Crippen molar-refractivity contribution in [1.82, 2.24) is 0 Å². The van der Waals surface area contributed by atoms with E-state index in [4.69, 9.17) is 4.74 Å². The average molecular weight is 428 g/mol. The molecule has 5 aromatic carbocycles. The predicted octanol–water partition coefficient (Wildman–Crippen LogP) is 8.54. The molecule has 0 aliphatic carbocycles. The first-order valence-corrected chi connectivity index (χ1v) is 11.2. The number of benzene rings is 5. The Kier molecular flexibility index (Phi) is 6.17. The molecule has 1 aliphatic heterocycles. The van der Waals surface area contributed by atoms with Crippen LogP contribution in [0.4, 0.5) is 17.1 Å². The van der Waals surface area contributed by atoms with E-state index in [1.54, 1.807) is 0 Å². The normalized spacial score (nSPS) is 11.2. The fraction of sp³-hybridized carbons (Fsp3) is 0.0323. The maximum Gasteiger partial charge on any atom is 0.130 e. The van der Waals surface area contributed by atoms with E-state index >= 15 is 0 Å². The zero-order chi connectivity index (χ0) is 22.3. The van der Waals surface area contributed by atoms with Crippen molar-refractivity contribution in [2.24, 2.45) is 0 Å². The van der Waals surface area contributed by atoms with Crippen LogP contribution in [0.3, 0.4) is 0 Å². The minimum Gasteiger partial charge on any atom is -0.457 e. The van der Waals surface area contributed by atoms with Gasteiger partial charge in [-0.25, -0.2) is 0 Å². The summed E-state index contributed by atoms with van der Waals surface area (Å²) in [6, 6.07) is 47.6. The monoisotopic (exact) mass is 427 g/mol. The molecule has 0 radical (unpaired) electrons. The Bertz CT molecular complexity index is 1120. The SMILES string of the molecule is c1ccc(N(c2ccccc2)c2ccccc2)cc1.c1ccc2c(c1)Cc1ccccc1O2. The molecule has 0 atom stereocenters. The lowest BCUT2D eigenvalue weighted by Gasteiger charge is -2.25. The van der Waals surface area contributed by atoms with Gasteiger partial charge in [0.15, 0.2) is 0 Å². The van der Waals surface area contributed by atoms with E-state index in [0.717, 1.165) is 17.9 Å². The number of fused-ring (bicyclic) bond motifs is 2. The second-order valence-electron chi connectivity index (χ2n) is 7.84. The third-order valence-electron chi connectivity index (χ3n) is 5.59. The molecule has 0 aromatic heterocycles. The summed E-state index contributed by atoms with van der Waals surface area (Å²) in [6.45, 7) is 0. The first kappa shape index (κ1) is 20.6. The summed E-state index contributed by atoms with van der Waals surface area (Å²) in [5.41, 5.74) is 6.04. The van der Waals surface area contributed by atoms with Crippen LogP contribution in [0, 0.1) is 0 Å². The van der Waals surface area contributed by atoms with Crippen molar-refractivity contribution in [1.29, 1.82) is 0 Å². The van der Waals surface area contributed by atoms with Gasteiger partial charge in [0.05, 0.1) is 0 Å². The Hall–Kier alpha value is -4.30. The van der Waals surface area contributed by atoms with Crippen LogP contribution in [-0.4, -0.2) is 0 Å². The van der Waals surface area contributed by atoms with Gasteiger partial charge in [0.25, 0.3) is 0 Å². The molecule has 33 heavy (non-hydrogen) atoms. The van der Waals surface area contributed by atoms with Crippen LogP contribution < -0.4 is 9.64 Å². The Morgan fingerprint density at radius 3 is 1.12 bits per heavy atom. The molecule has 6 rings (SSSR count). The van der Waals surface area contributed by atoms with Crippen molar-refractivity contribution in [3.63, 3.8) is 0 Å². The topological polar surface area (TPSA) is 12.5 Å². The summed E-state index contributed by atoms with van der Waals surface area (Å²) >= 11 is 0. The predicted molar refractivity (Wildman–Crippen MR) is 137 cm³/mol. The molecule has 0 saturated carbocycles. The van der Waals surface area contributed by atoms with Gasteiger partial charge in [-0.3, -0.25) is 0 Å². The fourth-order valence-corrected chi connectivity index (χ4v) is 4.00. The van der Waals surface area contributed by atoms with Crippen LogP contribution in [0.15, 0.2) is 140 Å². The van der Waals surface area contributed by atoms with E-state index in [-0.39, 0.29) is 0 Å². The molecule has 2 heteroatoms. The van der Waals surface area contributed by atoms with Gasteiger partial charge in [0.1, 0.15) is 11.5 Å². The molecule has 1 heterocycles. The summed E-state index contributed by atoms with van der Waals surface area (Å²) in [5, 5.41) is 0. The highest BCUT2D eigenvalue weighted by Crippen LogP contribution is 2.36. The zero-order valence-corrected chi connectivity index (χ0v) is 18.3. The number of nitrogens with zero attached hydrogens (tertiary/aromatic N) is 1. The van der Waals surface area contributed by atoms with Gasteiger partial charge in [0, 0.05) is 23.5 Å². The van der Waals surface area contributed by atoms with E-state index in [1.807, 2.05) is 42.5 Å². The minimum atomic E-state index is 0.979. The maximum atomic E-state index is 5.78. The van der Waals surface area contributed by atoms with Crippen molar-refractivity contribution >= 4 is 17.1 Å². The number of hydrogen-bond acceptors (Lipinski definition) is 2. The third kappa shape index (κ3) is 4.81. The van der Waals surface area contributed by atoms with Crippen LogP contribution in [0.5, 0.6) is 11.5 Å². The van der Waals surface area contributed by atoms with Crippen LogP contribution in [-0.2, 0) is 6.42 Å². The van der Waals surface area contributed by atoms with Crippen LogP contribution in [0.1, 0.15) is 11.1 Å². The lowest BCUT2D eigenvalue weighted by atomic mass is 10.0. The number of para-hydroxylation sites is 5. The van der Waals surface area contributed by atoms with E-state index in [9.17, 15) is 0 Å². The van der Waals surface area contributed by atoms with Crippen LogP contribution in [0.2, 0.25) is 0 Å². The van der Waals surface area contributed by atoms with Crippen molar-refractivity contribution in [2.75, 3.05) is 4.90 Å². The molecule has 0 bridgehead atoms. The Morgan fingerprint density at radius 1 is 0.394 bits per heavy atom. The average Bonchev–Trinajstić information content (AvgIpc) is 2.90. The van der Waals surface area contributed by atoms with E-state index < -0.39 is 0 Å². The second kappa shape index (κ2) is 9.88. The van der Waals surface area contributed by atoms with Gasteiger partial charge in [-0.05, 0) is 59.7 Å². The van der Waals surface area contributed by atoms with Gasteiger partial charge >= 0.3 is 0 Å². The number of ether oxygens (including phenoxy) is 1. The van der Waals surface area contributed by atoms with Crippen molar-refractivity contribution in [3.8, 4) is 11.5 Å². The molecular formula is C31H25NO. The van der Waals surface area contributed by atoms with E-state index in [1.165, 1.54) is 28.2 Å². The highest BCUT2D eigenvalue weighted by Gasteiger charge is 2.14. The minimum absolute atomic E-state index is 0.979. The molecular weight excluding hydrogens is 402 g/mol. The molecule has 0 amide bonds. The largest absolute Gasteiger partial charge is 0.457 e. The Labute approximate surface area is 195 Å². The van der Waals surface area contributed by atoms with Crippen molar-refractivity contribution < 1.29 is 4.74 Å². The molecule has 0 fully saturated rings. The molecule has 160 valence electrons. The molecule has 0 N–H and O–H groups in total. The smallest absolute Gasteiger partial charge is 0.130 e. The molecule has 2 nitrogen and oxygen atoms in total. The molecule has 0 unspecified atom stereocenters. The maximum absolute atomic E-state index is 5.78. The molecule has 1 aliphatic rings. The first-order chi connectivity index (χ1) is 16.4. The van der Waals surface area contributed by atoms with Gasteiger partial charge < -0.3 is 9.64 Å². The van der Waals surface area contributed by atoms with Gasteiger partial charge in [-0.1, -0.05) is 91.0 Å². The highest BCUT2D eigenvalue weighted by molar-refractivity contribution is 5.76. The van der Waals surface area contributed by atoms with Crippen molar-refractivity contribution in [3.05, 3.63) is 151 Å². The summed E-state index contributed by atoms with van der Waals surface area (Å²) in [7, 11) is 0. The van der Waals surface area contributed by atoms with Gasteiger partial charge in [-0.2, -0.15) is 0 Å². The molecule has 5 aromatic rings. The van der Waals surface area contributed by atoms with E-state index in [0.29, 0.717) is 0 Å². The summed E-state index contributed by atoms with van der Waals surface area (Å²) < 4.78 is 5.78. The quantitative estimate of drug-likeness (QED) is 0.280. The molecule has 0 saturated heterocycles. The lowest BCUT2D eigenvalue weighted by Crippen LogP contribution is -2.09. The van der Waals surface area contributed by atoms with Gasteiger partial charge in [0.2, 0.25) is 0 Å². The fourth-order valence-electron chi connectivity index (χ4n) is 4.00. The van der Waals surface area contributed by atoms with Crippen LogP contribution >= 0.6 is 0 Å². The number of anilines is 3. The standard InChI is InChI=1S/C18H15N.C13H10O/c1-4-10-16(11-5-1)19(17-12-6-2-7-13-17)18-14-8-3-9-15-18;1-3-7-12-10(5-1)9-11-6-2-4-8-13(11)14-12/h1-15H;1-8H,9H2. The first-order valence-electron chi connectivity index (χ1n) is 11.2. The summed E-state index contributed by atoms with van der Waals surface area (Å²) in [4.78, 5) is 2.25. The number of rotatable bonds is 3. The lowest BCUT2D eigenvalue weighted by molar-refractivity contribution is 0.460. The number of hydrogen-bond donors (Lipinski definition) is 0. The van der Waals surface area contributed by atoms with E-state index in [2.05, 4.69) is 102 Å². The van der Waals surface area contributed by atoms with Crippen molar-refractivity contribution in [2.45, 2.75) is 6.42 Å². The zero-order valence-electron chi connectivity index (χ0n) is 18.3. The van der Waals surface area contributed by atoms with Crippen LogP contribution in [0.25, 0.3) is 0 Å².